The zero-order valence-electron chi connectivity index (χ0n) is 16.6. The van der Waals surface area contributed by atoms with Crippen LogP contribution in [0.3, 0.4) is 0 Å². The van der Waals surface area contributed by atoms with E-state index in [1.807, 2.05) is 0 Å². The van der Waals surface area contributed by atoms with E-state index in [0.29, 0.717) is 11.5 Å². The van der Waals surface area contributed by atoms with Gasteiger partial charge in [0.2, 0.25) is 22.0 Å². The SMILES string of the molecule is CC(=O)Nc1ccc(NS(C)(=O)=O)c(C(=O)NNC(=O)C2COc3ccccc3O2)c1. The lowest BCUT2D eigenvalue weighted by Crippen LogP contribution is -2.50. The molecular weight excluding hydrogens is 428 g/mol. The quantitative estimate of drug-likeness (QED) is 0.489. The summed E-state index contributed by atoms with van der Waals surface area (Å²) in [6.45, 7) is 1.23. The maximum Gasteiger partial charge on any atom is 0.283 e. The van der Waals surface area contributed by atoms with Crippen LogP contribution in [0.15, 0.2) is 42.5 Å². The number of nitrogens with one attached hydrogen (secondary N) is 4. The Hall–Kier alpha value is -3.80. The summed E-state index contributed by atoms with van der Waals surface area (Å²) in [6.07, 6.45) is -0.0780. The molecule has 3 rings (SSSR count). The number of hydrogen-bond donors (Lipinski definition) is 4. The molecular formula is C19H20N4O7S. The van der Waals surface area contributed by atoms with Crippen molar-refractivity contribution in [3.05, 3.63) is 48.0 Å². The van der Waals surface area contributed by atoms with Gasteiger partial charge in [0.15, 0.2) is 11.5 Å². The van der Waals surface area contributed by atoms with Crippen LogP contribution in [0.25, 0.3) is 0 Å². The smallest absolute Gasteiger partial charge is 0.283 e. The number of sulfonamides is 1. The molecule has 0 spiro atoms. The van der Waals surface area contributed by atoms with Crippen LogP contribution in [0.4, 0.5) is 11.4 Å². The van der Waals surface area contributed by atoms with Gasteiger partial charge in [-0.3, -0.25) is 30.0 Å². The molecule has 0 aromatic heterocycles. The van der Waals surface area contributed by atoms with Crippen molar-refractivity contribution in [2.75, 3.05) is 22.9 Å². The topological polar surface area (TPSA) is 152 Å². The largest absolute Gasteiger partial charge is 0.485 e. The summed E-state index contributed by atoms with van der Waals surface area (Å²) in [4.78, 5) is 36.3. The fourth-order valence-electron chi connectivity index (χ4n) is 2.72. The highest BCUT2D eigenvalue weighted by atomic mass is 32.2. The summed E-state index contributed by atoms with van der Waals surface area (Å²) in [5.41, 5.74) is 4.54. The van der Waals surface area contributed by atoms with Crippen LogP contribution in [-0.4, -0.2) is 45.1 Å². The summed E-state index contributed by atoms with van der Waals surface area (Å²) >= 11 is 0. The lowest BCUT2D eigenvalue weighted by molar-refractivity contribution is -0.131. The number of benzene rings is 2. The van der Waals surface area contributed by atoms with Crippen molar-refractivity contribution in [3.63, 3.8) is 0 Å². The summed E-state index contributed by atoms with van der Waals surface area (Å²) in [5.74, 6) is -0.967. The predicted molar refractivity (Wildman–Crippen MR) is 111 cm³/mol. The van der Waals surface area contributed by atoms with Crippen LogP contribution < -0.4 is 30.4 Å². The Bertz CT molecular complexity index is 1130. The number of rotatable bonds is 5. The van der Waals surface area contributed by atoms with Crippen molar-refractivity contribution in [1.29, 1.82) is 0 Å². The molecule has 1 heterocycles. The number of para-hydroxylation sites is 2. The second-order valence-electron chi connectivity index (χ2n) is 6.62. The van der Waals surface area contributed by atoms with E-state index in [9.17, 15) is 22.8 Å². The highest BCUT2D eigenvalue weighted by Gasteiger charge is 2.28. The van der Waals surface area contributed by atoms with Gasteiger partial charge < -0.3 is 14.8 Å². The molecule has 1 atom stereocenters. The minimum absolute atomic E-state index is 0.0328. The minimum Gasteiger partial charge on any atom is -0.485 e. The molecule has 1 unspecified atom stereocenters. The average Bonchev–Trinajstić information content (AvgIpc) is 2.71. The van der Waals surface area contributed by atoms with Crippen LogP contribution >= 0.6 is 0 Å². The van der Waals surface area contributed by atoms with E-state index >= 15 is 0 Å². The molecule has 0 aliphatic carbocycles. The van der Waals surface area contributed by atoms with Crippen molar-refractivity contribution in [2.45, 2.75) is 13.0 Å². The van der Waals surface area contributed by atoms with Crippen molar-refractivity contribution in [1.82, 2.24) is 10.9 Å². The van der Waals surface area contributed by atoms with Crippen LogP contribution in [0, 0.1) is 0 Å². The van der Waals surface area contributed by atoms with E-state index in [-0.39, 0.29) is 29.5 Å². The van der Waals surface area contributed by atoms with E-state index < -0.39 is 27.9 Å². The van der Waals surface area contributed by atoms with E-state index in [2.05, 4.69) is 20.9 Å². The standard InChI is InChI=1S/C19H20N4O7S/c1-11(24)20-12-7-8-14(23-31(2,27)28)13(9-12)18(25)21-22-19(26)17-10-29-15-5-3-4-6-16(15)30-17/h3-9,17,23H,10H2,1-2H3,(H,20,24)(H,21,25)(H,22,26). The first-order chi connectivity index (χ1) is 14.6. The van der Waals surface area contributed by atoms with Crippen molar-refractivity contribution < 1.29 is 32.3 Å². The van der Waals surface area contributed by atoms with E-state index in [0.717, 1.165) is 6.26 Å². The summed E-state index contributed by atoms with van der Waals surface area (Å²) in [7, 11) is -3.69. The van der Waals surface area contributed by atoms with Crippen LogP contribution in [0.1, 0.15) is 17.3 Å². The van der Waals surface area contributed by atoms with Gasteiger partial charge in [0.05, 0.1) is 17.5 Å². The average molecular weight is 448 g/mol. The van der Waals surface area contributed by atoms with Crippen LogP contribution in [0.5, 0.6) is 11.5 Å². The van der Waals surface area contributed by atoms with Crippen LogP contribution in [-0.2, 0) is 19.6 Å². The van der Waals surface area contributed by atoms with Gasteiger partial charge in [-0.15, -0.1) is 0 Å². The maximum atomic E-state index is 12.6. The second kappa shape index (κ2) is 8.92. The molecule has 31 heavy (non-hydrogen) atoms. The number of amides is 3. The number of anilines is 2. The Morgan fingerprint density at radius 1 is 1.03 bits per heavy atom. The normalized spacial score (nSPS) is 14.8. The number of hydrazine groups is 1. The molecule has 164 valence electrons. The van der Waals surface area contributed by atoms with Gasteiger partial charge in [0.25, 0.3) is 11.8 Å². The lowest BCUT2D eigenvalue weighted by Gasteiger charge is -2.25. The Balaban J connectivity index is 1.71. The zero-order valence-corrected chi connectivity index (χ0v) is 17.4. The third kappa shape index (κ3) is 5.85. The molecule has 2 aromatic carbocycles. The van der Waals surface area contributed by atoms with E-state index in [4.69, 9.17) is 9.47 Å². The van der Waals surface area contributed by atoms with E-state index in [1.165, 1.54) is 25.1 Å². The number of ether oxygens (including phenoxy) is 2. The molecule has 12 heteroatoms. The van der Waals surface area contributed by atoms with Crippen molar-refractivity contribution in [2.24, 2.45) is 0 Å². The molecule has 3 amide bonds. The van der Waals surface area contributed by atoms with Gasteiger partial charge in [-0.05, 0) is 30.3 Å². The second-order valence-corrected chi connectivity index (χ2v) is 8.37. The molecule has 11 nitrogen and oxygen atoms in total. The first kappa shape index (κ1) is 21.9. The molecule has 0 saturated heterocycles. The molecule has 1 aliphatic rings. The first-order valence-electron chi connectivity index (χ1n) is 9.00. The molecule has 0 radical (unpaired) electrons. The minimum atomic E-state index is -3.69. The van der Waals surface area contributed by atoms with Gasteiger partial charge in [0, 0.05) is 12.6 Å². The molecule has 0 fully saturated rings. The zero-order chi connectivity index (χ0) is 22.6. The Labute approximate surface area is 178 Å². The molecule has 1 aliphatic heterocycles. The van der Waals surface area contributed by atoms with E-state index in [1.54, 1.807) is 24.3 Å². The number of hydrogen-bond acceptors (Lipinski definition) is 7. The van der Waals surface area contributed by atoms with Gasteiger partial charge >= 0.3 is 0 Å². The summed E-state index contributed by atoms with van der Waals surface area (Å²) < 4.78 is 36.4. The lowest BCUT2D eigenvalue weighted by atomic mass is 10.1. The molecule has 0 saturated carbocycles. The van der Waals surface area contributed by atoms with Crippen molar-refractivity contribution in [3.8, 4) is 11.5 Å². The Morgan fingerprint density at radius 2 is 1.74 bits per heavy atom. The Morgan fingerprint density at radius 3 is 2.42 bits per heavy atom. The predicted octanol–water partition coefficient (Wildman–Crippen LogP) is 0.618. The molecule has 0 bridgehead atoms. The van der Waals surface area contributed by atoms with Gasteiger partial charge in [-0.2, -0.15) is 0 Å². The van der Waals surface area contributed by atoms with Gasteiger partial charge in [-0.25, -0.2) is 8.42 Å². The number of carbonyl (C=O) groups excluding carboxylic acids is 3. The van der Waals surface area contributed by atoms with Crippen LogP contribution in [0.2, 0.25) is 0 Å². The highest BCUT2D eigenvalue weighted by molar-refractivity contribution is 7.92. The fraction of sp³-hybridized carbons (Fsp3) is 0.211. The monoisotopic (exact) mass is 448 g/mol. The van der Waals surface area contributed by atoms with Gasteiger partial charge in [-0.1, -0.05) is 12.1 Å². The first-order valence-corrected chi connectivity index (χ1v) is 10.9. The number of fused-ring (bicyclic) bond motifs is 1. The molecule has 2 aromatic rings. The summed E-state index contributed by atoms with van der Waals surface area (Å²) in [6, 6.07) is 10.8. The fourth-order valence-corrected chi connectivity index (χ4v) is 3.29. The highest BCUT2D eigenvalue weighted by Crippen LogP contribution is 2.30. The molecule has 4 N–H and O–H groups in total. The third-order valence-electron chi connectivity index (χ3n) is 3.98. The third-order valence-corrected chi connectivity index (χ3v) is 4.57. The van der Waals surface area contributed by atoms with Gasteiger partial charge in [0.1, 0.15) is 6.61 Å². The maximum absolute atomic E-state index is 12.6. The number of carbonyl (C=O) groups is 3. The summed E-state index contributed by atoms with van der Waals surface area (Å²) in [5, 5.41) is 2.50. The van der Waals surface area contributed by atoms with Crippen molar-refractivity contribution >= 4 is 39.1 Å². The Kier molecular flexibility index (Phi) is 6.30.